The molecule has 1 aromatic heterocycles. The van der Waals surface area contributed by atoms with Crippen molar-refractivity contribution in [3.05, 3.63) is 23.9 Å². The predicted molar refractivity (Wildman–Crippen MR) is 104 cm³/mol. The number of amides is 1. The number of hydrogen-bond donors (Lipinski definition) is 2. The van der Waals surface area contributed by atoms with Crippen LogP contribution in [0.15, 0.2) is 18.3 Å². The molecule has 5 rings (SSSR count). The molecule has 2 N–H and O–H groups in total. The number of aromatic nitrogens is 1. The smallest absolute Gasteiger partial charge is 0.255 e. The molecule has 4 aliphatic rings. The van der Waals surface area contributed by atoms with E-state index in [0.29, 0.717) is 16.8 Å². The summed E-state index contributed by atoms with van der Waals surface area (Å²) in [5.74, 6) is 3.46. The van der Waals surface area contributed by atoms with Crippen molar-refractivity contribution in [2.45, 2.75) is 38.5 Å². The quantitative estimate of drug-likeness (QED) is 0.788. The molecule has 0 radical (unpaired) electrons. The van der Waals surface area contributed by atoms with E-state index < -0.39 is 0 Å². The molecular weight excluding hydrogens is 324 g/mol. The van der Waals surface area contributed by atoms with E-state index in [1.165, 1.54) is 38.5 Å². The van der Waals surface area contributed by atoms with Gasteiger partial charge in [-0.25, -0.2) is 4.98 Å². The molecule has 142 valence electrons. The minimum Gasteiger partial charge on any atom is -0.368 e. The minimum atomic E-state index is 0.0150. The summed E-state index contributed by atoms with van der Waals surface area (Å²) in [7, 11) is 4.08. The largest absolute Gasteiger partial charge is 0.368 e. The first-order valence-corrected chi connectivity index (χ1v) is 10.1. The van der Waals surface area contributed by atoms with Crippen LogP contribution in [-0.4, -0.2) is 49.5 Å². The first-order chi connectivity index (χ1) is 12.5. The normalized spacial score (nSPS) is 32.0. The van der Waals surface area contributed by atoms with Gasteiger partial charge in [0.1, 0.15) is 5.82 Å². The van der Waals surface area contributed by atoms with Gasteiger partial charge in [-0.1, -0.05) is 0 Å². The topological polar surface area (TPSA) is 57.3 Å². The zero-order chi connectivity index (χ0) is 18.1. The van der Waals surface area contributed by atoms with Gasteiger partial charge in [0.2, 0.25) is 0 Å². The van der Waals surface area contributed by atoms with Crippen molar-refractivity contribution in [3.63, 3.8) is 0 Å². The van der Waals surface area contributed by atoms with E-state index in [-0.39, 0.29) is 5.91 Å². The zero-order valence-corrected chi connectivity index (χ0v) is 16.1. The molecule has 4 fully saturated rings. The maximum Gasteiger partial charge on any atom is 0.255 e. The Morgan fingerprint density at radius 1 is 1.19 bits per heavy atom. The number of pyridine rings is 1. The van der Waals surface area contributed by atoms with Crippen LogP contribution in [0, 0.1) is 23.2 Å². The van der Waals surface area contributed by atoms with Crippen molar-refractivity contribution in [1.29, 1.82) is 0 Å². The molecule has 4 aliphatic carbocycles. The Balaban J connectivity index is 1.38. The SMILES string of the molecule is CN(C)CCNc1ncccc1C(=O)NCC12CC3CC(CC(C3)C1)C2. The molecule has 4 bridgehead atoms. The highest BCUT2D eigenvalue weighted by Crippen LogP contribution is 2.59. The van der Waals surface area contributed by atoms with Gasteiger partial charge in [0.15, 0.2) is 0 Å². The molecule has 0 atom stereocenters. The van der Waals surface area contributed by atoms with Gasteiger partial charge in [0.25, 0.3) is 5.91 Å². The average Bonchev–Trinajstić information content (AvgIpc) is 2.59. The van der Waals surface area contributed by atoms with Crippen molar-refractivity contribution in [3.8, 4) is 0 Å². The summed E-state index contributed by atoms with van der Waals surface area (Å²) >= 11 is 0. The highest BCUT2D eigenvalue weighted by atomic mass is 16.1. The van der Waals surface area contributed by atoms with Gasteiger partial charge in [-0.2, -0.15) is 0 Å². The van der Waals surface area contributed by atoms with E-state index in [1.807, 2.05) is 26.2 Å². The Labute approximate surface area is 156 Å². The van der Waals surface area contributed by atoms with Gasteiger partial charge in [-0.05, 0) is 87.9 Å². The lowest BCUT2D eigenvalue weighted by Gasteiger charge is -2.56. The summed E-state index contributed by atoms with van der Waals surface area (Å²) < 4.78 is 0. The molecule has 26 heavy (non-hydrogen) atoms. The van der Waals surface area contributed by atoms with Gasteiger partial charge >= 0.3 is 0 Å². The van der Waals surface area contributed by atoms with Crippen LogP contribution in [0.1, 0.15) is 48.9 Å². The number of nitrogens with one attached hydrogen (secondary N) is 2. The molecule has 1 amide bonds. The van der Waals surface area contributed by atoms with Crippen LogP contribution in [0.5, 0.6) is 0 Å². The molecule has 5 nitrogen and oxygen atoms in total. The van der Waals surface area contributed by atoms with E-state index in [4.69, 9.17) is 0 Å². The molecule has 0 aliphatic heterocycles. The second kappa shape index (κ2) is 7.18. The van der Waals surface area contributed by atoms with Crippen LogP contribution in [-0.2, 0) is 0 Å². The van der Waals surface area contributed by atoms with Crippen molar-refractivity contribution >= 4 is 11.7 Å². The molecular formula is C21H32N4O. The second-order valence-corrected chi connectivity index (χ2v) is 9.23. The van der Waals surface area contributed by atoms with Gasteiger partial charge in [0.05, 0.1) is 5.56 Å². The first-order valence-electron chi connectivity index (χ1n) is 10.1. The molecule has 0 unspecified atom stereocenters. The van der Waals surface area contributed by atoms with Crippen molar-refractivity contribution < 1.29 is 4.79 Å². The van der Waals surface area contributed by atoms with Crippen LogP contribution >= 0.6 is 0 Å². The standard InChI is InChI=1S/C21H32N4O/c1-25(2)7-6-23-19-18(4-3-5-22-19)20(26)24-14-21-11-15-8-16(12-21)10-17(9-15)13-21/h3-5,15-17H,6-14H2,1-2H3,(H,22,23)(H,24,26). The van der Waals surface area contributed by atoms with E-state index in [0.717, 1.165) is 37.4 Å². The molecule has 1 aromatic rings. The summed E-state index contributed by atoms with van der Waals surface area (Å²) in [4.78, 5) is 19.3. The Bertz CT molecular complexity index is 622. The summed E-state index contributed by atoms with van der Waals surface area (Å²) in [6.07, 6.45) is 10.0. The van der Waals surface area contributed by atoms with Crippen LogP contribution in [0.25, 0.3) is 0 Å². The monoisotopic (exact) mass is 356 g/mol. The lowest BCUT2D eigenvalue weighted by Crippen LogP contribution is -2.51. The lowest BCUT2D eigenvalue weighted by molar-refractivity contribution is -0.0503. The Morgan fingerprint density at radius 2 is 1.85 bits per heavy atom. The van der Waals surface area contributed by atoms with E-state index in [2.05, 4.69) is 20.5 Å². The maximum atomic E-state index is 12.9. The molecule has 4 saturated carbocycles. The number of carbonyl (C=O) groups excluding carboxylic acids is 1. The molecule has 0 aromatic carbocycles. The number of hydrogen-bond acceptors (Lipinski definition) is 4. The van der Waals surface area contributed by atoms with E-state index in [9.17, 15) is 4.79 Å². The van der Waals surface area contributed by atoms with Crippen LogP contribution < -0.4 is 10.6 Å². The number of anilines is 1. The summed E-state index contributed by atoms with van der Waals surface area (Å²) in [5.41, 5.74) is 1.03. The Kier molecular flexibility index (Phi) is 4.91. The summed E-state index contributed by atoms with van der Waals surface area (Å²) in [6, 6.07) is 3.72. The fourth-order valence-corrected chi connectivity index (χ4v) is 6.00. The summed E-state index contributed by atoms with van der Waals surface area (Å²) in [5, 5.41) is 6.57. The molecule has 5 heteroatoms. The third-order valence-electron chi connectivity index (χ3n) is 6.69. The molecule has 0 spiro atoms. The zero-order valence-electron chi connectivity index (χ0n) is 16.1. The summed E-state index contributed by atoms with van der Waals surface area (Å²) in [6.45, 7) is 2.52. The number of likely N-dealkylation sites (N-methyl/N-ethyl adjacent to an activating group) is 1. The molecule has 0 saturated heterocycles. The van der Waals surface area contributed by atoms with Crippen molar-refractivity contribution in [2.24, 2.45) is 23.2 Å². The van der Waals surface area contributed by atoms with Gasteiger partial charge in [-0.3, -0.25) is 4.79 Å². The van der Waals surface area contributed by atoms with Crippen molar-refractivity contribution in [2.75, 3.05) is 39.0 Å². The Morgan fingerprint density at radius 3 is 2.46 bits per heavy atom. The fraction of sp³-hybridized carbons (Fsp3) is 0.714. The second-order valence-electron chi connectivity index (χ2n) is 9.23. The third-order valence-corrected chi connectivity index (χ3v) is 6.69. The van der Waals surface area contributed by atoms with E-state index in [1.54, 1.807) is 6.20 Å². The number of rotatable bonds is 7. The first kappa shape index (κ1) is 17.8. The molecule has 1 heterocycles. The predicted octanol–water partition coefficient (Wildman–Crippen LogP) is 3.00. The maximum absolute atomic E-state index is 12.9. The van der Waals surface area contributed by atoms with Crippen LogP contribution in [0.2, 0.25) is 0 Å². The number of nitrogens with zero attached hydrogens (tertiary/aromatic N) is 2. The Hall–Kier alpha value is -1.62. The van der Waals surface area contributed by atoms with Gasteiger partial charge in [0, 0.05) is 25.8 Å². The van der Waals surface area contributed by atoms with Crippen molar-refractivity contribution in [1.82, 2.24) is 15.2 Å². The highest BCUT2D eigenvalue weighted by Gasteiger charge is 2.50. The fourth-order valence-electron chi connectivity index (χ4n) is 6.00. The minimum absolute atomic E-state index is 0.0150. The average molecular weight is 357 g/mol. The van der Waals surface area contributed by atoms with E-state index >= 15 is 0 Å². The lowest BCUT2D eigenvalue weighted by atomic mass is 9.49. The van der Waals surface area contributed by atoms with Gasteiger partial charge in [-0.15, -0.1) is 0 Å². The van der Waals surface area contributed by atoms with Gasteiger partial charge < -0.3 is 15.5 Å². The van der Waals surface area contributed by atoms with Crippen LogP contribution in [0.4, 0.5) is 5.82 Å². The number of carbonyl (C=O) groups is 1. The highest BCUT2D eigenvalue weighted by molar-refractivity contribution is 5.98. The third kappa shape index (κ3) is 3.73. The van der Waals surface area contributed by atoms with Crippen LogP contribution in [0.3, 0.4) is 0 Å².